The lowest BCUT2D eigenvalue weighted by Gasteiger charge is -2.18. The summed E-state index contributed by atoms with van der Waals surface area (Å²) in [5.74, 6) is -1.34. The van der Waals surface area contributed by atoms with Gasteiger partial charge in [0.05, 0.1) is 15.7 Å². The molecular formula is C34H32N4O5S. The zero-order chi connectivity index (χ0) is 31.6. The summed E-state index contributed by atoms with van der Waals surface area (Å²) in [4.78, 5) is 51.4. The molecular weight excluding hydrogens is 576 g/mol. The number of nitrogens with zero attached hydrogens (tertiary/aromatic N) is 1. The molecule has 0 saturated carbocycles. The summed E-state index contributed by atoms with van der Waals surface area (Å²) in [6.07, 6.45) is 1.85. The number of nitro groups is 1. The second-order valence-corrected chi connectivity index (χ2v) is 11.2. The van der Waals surface area contributed by atoms with Crippen molar-refractivity contribution in [1.29, 1.82) is 0 Å². The summed E-state index contributed by atoms with van der Waals surface area (Å²) >= 11 is 1.37. The number of benzene rings is 4. The molecule has 4 aromatic carbocycles. The summed E-state index contributed by atoms with van der Waals surface area (Å²) in [5, 5.41) is 19.6. The van der Waals surface area contributed by atoms with Crippen LogP contribution in [0.5, 0.6) is 0 Å². The normalized spacial score (nSPS) is 11.8. The lowest BCUT2D eigenvalue weighted by molar-refractivity contribution is -0.385. The first-order valence-electron chi connectivity index (χ1n) is 13.9. The minimum Gasteiger partial charge on any atom is -0.325 e. The number of thioether (sulfide) groups is 1. The predicted octanol–water partition coefficient (Wildman–Crippen LogP) is 7.13. The summed E-state index contributed by atoms with van der Waals surface area (Å²) in [6, 6.07) is 27.1. The Hall–Kier alpha value is -5.22. The van der Waals surface area contributed by atoms with E-state index in [0.29, 0.717) is 17.7 Å². The van der Waals surface area contributed by atoms with Crippen LogP contribution < -0.4 is 16.0 Å². The maximum absolute atomic E-state index is 13.5. The van der Waals surface area contributed by atoms with Crippen LogP contribution in [-0.2, 0) is 9.59 Å². The molecule has 0 heterocycles. The third-order valence-electron chi connectivity index (χ3n) is 6.72. The van der Waals surface area contributed by atoms with Gasteiger partial charge in [0.1, 0.15) is 5.70 Å². The summed E-state index contributed by atoms with van der Waals surface area (Å²) in [6.45, 7) is 5.83. The van der Waals surface area contributed by atoms with Crippen molar-refractivity contribution in [3.63, 3.8) is 0 Å². The highest BCUT2D eigenvalue weighted by atomic mass is 32.2. The number of carbonyl (C=O) groups excluding carboxylic acids is 3. The van der Waals surface area contributed by atoms with Gasteiger partial charge in [-0.3, -0.25) is 24.5 Å². The Morgan fingerprint density at radius 3 is 2.20 bits per heavy atom. The number of rotatable bonds is 11. The van der Waals surface area contributed by atoms with Crippen LogP contribution in [0, 0.1) is 24.0 Å². The number of amides is 3. The predicted molar refractivity (Wildman–Crippen MR) is 175 cm³/mol. The number of para-hydroxylation sites is 2. The van der Waals surface area contributed by atoms with Crippen LogP contribution in [0.4, 0.5) is 17.1 Å². The number of nitro benzene ring substituents is 1. The largest absolute Gasteiger partial charge is 0.325 e. The van der Waals surface area contributed by atoms with Crippen LogP contribution in [0.25, 0.3) is 6.08 Å². The van der Waals surface area contributed by atoms with E-state index < -0.39 is 16.7 Å². The lowest BCUT2D eigenvalue weighted by Crippen LogP contribution is -2.30. The molecule has 1 unspecified atom stereocenters. The van der Waals surface area contributed by atoms with E-state index in [-0.39, 0.29) is 28.1 Å². The van der Waals surface area contributed by atoms with Gasteiger partial charge in [0.25, 0.3) is 17.5 Å². The van der Waals surface area contributed by atoms with Crippen LogP contribution in [0.15, 0.2) is 108 Å². The number of nitrogens with one attached hydrogen (secondary N) is 3. The van der Waals surface area contributed by atoms with Gasteiger partial charge < -0.3 is 16.0 Å². The molecule has 0 aliphatic heterocycles. The van der Waals surface area contributed by atoms with Gasteiger partial charge in [0.15, 0.2) is 0 Å². The van der Waals surface area contributed by atoms with Gasteiger partial charge in [0, 0.05) is 27.9 Å². The fraction of sp³-hybridized carbons (Fsp3) is 0.147. The maximum atomic E-state index is 13.5. The van der Waals surface area contributed by atoms with E-state index in [4.69, 9.17) is 0 Å². The minimum absolute atomic E-state index is 0.123. The topological polar surface area (TPSA) is 130 Å². The van der Waals surface area contributed by atoms with Gasteiger partial charge in [-0.25, -0.2) is 0 Å². The van der Waals surface area contributed by atoms with E-state index >= 15 is 0 Å². The third-order valence-corrected chi connectivity index (χ3v) is 8.08. The number of hydrogen-bond acceptors (Lipinski definition) is 6. The molecule has 10 heteroatoms. The molecule has 0 aromatic heterocycles. The second-order valence-electron chi connectivity index (χ2n) is 9.95. The molecule has 3 N–H and O–H groups in total. The van der Waals surface area contributed by atoms with E-state index in [2.05, 4.69) is 16.0 Å². The van der Waals surface area contributed by atoms with Gasteiger partial charge in [0.2, 0.25) is 5.91 Å². The van der Waals surface area contributed by atoms with E-state index in [1.165, 1.54) is 36.0 Å². The van der Waals surface area contributed by atoms with Crippen molar-refractivity contribution in [2.24, 2.45) is 0 Å². The van der Waals surface area contributed by atoms with Gasteiger partial charge in [-0.15, -0.1) is 11.8 Å². The fourth-order valence-electron chi connectivity index (χ4n) is 4.42. The molecule has 0 aliphatic carbocycles. The van der Waals surface area contributed by atoms with E-state index in [1.54, 1.807) is 54.6 Å². The smallest absolute Gasteiger partial charge is 0.276 e. The van der Waals surface area contributed by atoms with Crippen molar-refractivity contribution in [2.45, 2.75) is 37.3 Å². The van der Waals surface area contributed by atoms with Crippen molar-refractivity contribution in [3.8, 4) is 0 Å². The van der Waals surface area contributed by atoms with Crippen molar-refractivity contribution in [1.82, 2.24) is 5.32 Å². The SMILES string of the molecule is CCC(Sc1cccc(NC(=O)/C(=C\c2ccccc2[N+](=O)[O-])NC(=O)c2ccccc2)c1)C(=O)Nc1c(C)cccc1C. The van der Waals surface area contributed by atoms with Crippen LogP contribution in [0.2, 0.25) is 0 Å². The molecule has 0 fully saturated rings. The number of carbonyl (C=O) groups is 3. The van der Waals surface area contributed by atoms with Gasteiger partial charge in [-0.1, -0.05) is 61.5 Å². The molecule has 1 atom stereocenters. The molecule has 0 spiro atoms. The standard InChI is InChI=1S/C34H32N4O5S/c1-4-30(34(41)37-31-22(2)12-10-13-23(31)3)44-27-18-11-17-26(21-27)35-33(40)28(36-32(39)24-14-6-5-7-15-24)20-25-16-8-9-19-29(25)38(42)43/h5-21,30H,4H2,1-3H3,(H,35,40)(H,36,39)(H,37,41)/b28-20+. The highest BCUT2D eigenvalue weighted by Crippen LogP contribution is 2.30. The highest BCUT2D eigenvalue weighted by Gasteiger charge is 2.21. The zero-order valence-electron chi connectivity index (χ0n) is 24.5. The molecule has 44 heavy (non-hydrogen) atoms. The Labute approximate surface area is 259 Å². The first kappa shape index (κ1) is 31.7. The Bertz CT molecular complexity index is 1700. The monoisotopic (exact) mass is 608 g/mol. The summed E-state index contributed by atoms with van der Waals surface area (Å²) < 4.78 is 0. The van der Waals surface area contributed by atoms with E-state index in [9.17, 15) is 24.5 Å². The quantitative estimate of drug-likeness (QED) is 0.0719. The third kappa shape index (κ3) is 8.20. The fourth-order valence-corrected chi connectivity index (χ4v) is 5.43. The lowest BCUT2D eigenvalue weighted by atomic mass is 10.1. The van der Waals surface area contributed by atoms with Crippen molar-refractivity contribution < 1.29 is 19.3 Å². The molecule has 0 bridgehead atoms. The second kappa shape index (κ2) is 14.8. The Kier molecular flexibility index (Phi) is 10.7. The van der Waals surface area contributed by atoms with Crippen LogP contribution >= 0.6 is 11.8 Å². The maximum Gasteiger partial charge on any atom is 0.276 e. The van der Waals surface area contributed by atoms with Crippen molar-refractivity contribution in [3.05, 3.63) is 135 Å². The Balaban J connectivity index is 1.55. The van der Waals surface area contributed by atoms with Crippen molar-refractivity contribution in [2.75, 3.05) is 10.6 Å². The molecule has 0 saturated heterocycles. The molecule has 0 radical (unpaired) electrons. The van der Waals surface area contributed by atoms with Crippen LogP contribution in [-0.4, -0.2) is 27.9 Å². The Morgan fingerprint density at radius 2 is 1.52 bits per heavy atom. The average Bonchev–Trinajstić information content (AvgIpc) is 3.02. The zero-order valence-corrected chi connectivity index (χ0v) is 25.3. The summed E-state index contributed by atoms with van der Waals surface area (Å²) in [5.41, 5.74) is 3.26. The molecule has 4 aromatic rings. The van der Waals surface area contributed by atoms with E-state index in [1.807, 2.05) is 45.0 Å². The molecule has 4 rings (SSSR count). The minimum atomic E-state index is -0.672. The number of hydrogen-bond donors (Lipinski definition) is 3. The van der Waals surface area contributed by atoms with E-state index in [0.717, 1.165) is 21.7 Å². The number of anilines is 2. The molecule has 0 aliphatic rings. The van der Waals surface area contributed by atoms with Crippen LogP contribution in [0.3, 0.4) is 0 Å². The van der Waals surface area contributed by atoms with Crippen molar-refractivity contribution >= 4 is 52.6 Å². The van der Waals surface area contributed by atoms with Crippen LogP contribution in [0.1, 0.15) is 40.4 Å². The molecule has 3 amide bonds. The summed E-state index contributed by atoms with van der Waals surface area (Å²) in [7, 11) is 0. The number of aryl methyl sites for hydroxylation is 2. The average molecular weight is 609 g/mol. The van der Waals surface area contributed by atoms with Gasteiger partial charge >= 0.3 is 0 Å². The first-order chi connectivity index (χ1) is 21.2. The highest BCUT2D eigenvalue weighted by molar-refractivity contribution is 8.00. The Morgan fingerprint density at radius 1 is 0.864 bits per heavy atom. The first-order valence-corrected chi connectivity index (χ1v) is 14.8. The van der Waals surface area contributed by atoms with Gasteiger partial charge in [-0.2, -0.15) is 0 Å². The molecule has 224 valence electrons. The molecule has 9 nitrogen and oxygen atoms in total. The van der Waals surface area contributed by atoms with Gasteiger partial charge in [-0.05, 0) is 73.9 Å².